The zero-order valence-corrected chi connectivity index (χ0v) is 10.7. The molecule has 0 aliphatic carbocycles. The van der Waals surface area contributed by atoms with Gasteiger partial charge in [-0.1, -0.05) is 12.1 Å². The first kappa shape index (κ1) is 12.4. The number of nitrogens with zero attached hydrogens (tertiary/aromatic N) is 1. The second-order valence-corrected chi connectivity index (χ2v) is 5.37. The molecule has 1 aliphatic heterocycles. The molecule has 3 N–H and O–H groups in total. The highest BCUT2D eigenvalue weighted by Gasteiger charge is 2.35. The van der Waals surface area contributed by atoms with E-state index in [1.165, 1.54) is 0 Å². The van der Waals surface area contributed by atoms with Crippen molar-refractivity contribution >= 4 is 5.69 Å². The molecule has 2 rings (SSSR count). The molecule has 94 valence electrons. The summed E-state index contributed by atoms with van der Waals surface area (Å²) in [5.41, 5.74) is 6.65. The Morgan fingerprint density at radius 2 is 2.24 bits per heavy atom. The number of piperidine rings is 1. The third kappa shape index (κ3) is 2.61. The molecule has 1 heterocycles. The molecule has 17 heavy (non-hydrogen) atoms. The van der Waals surface area contributed by atoms with Crippen LogP contribution in [0.5, 0.6) is 0 Å². The maximum Gasteiger partial charge on any atom is 0.0909 e. The lowest BCUT2D eigenvalue weighted by Crippen LogP contribution is -2.43. The third-order valence-corrected chi connectivity index (χ3v) is 3.89. The summed E-state index contributed by atoms with van der Waals surface area (Å²) >= 11 is 0. The number of hydrogen-bond donors (Lipinski definition) is 2. The molecule has 1 aliphatic rings. The number of rotatable bonds is 2. The summed E-state index contributed by atoms with van der Waals surface area (Å²) in [6.45, 7) is 3.98. The van der Waals surface area contributed by atoms with Crippen LogP contribution < -0.4 is 5.73 Å². The minimum Gasteiger partial charge on any atom is -0.399 e. The van der Waals surface area contributed by atoms with Crippen LogP contribution in [0.1, 0.15) is 25.3 Å². The predicted octanol–water partition coefficient (Wildman–Crippen LogP) is 1.82. The average molecular weight is 234 g/mol. The van der Waals surface area contributed by atoms with Gasteiger partial charge in [0.2, 0.25) is 0 Å². The van der Waals surface area contributed by atoms with Crippen LogP contribution in [0.3, 0.4) is 0 Å². The van der Waals surface area contributed by atoms with Crippen molar-refractivity contribution in [3.63, 3.8) is 0 Å². The van der Waals surface area contributed by atoms with E-state index in [9.17, 15) is 5.11 Å². The Hall–Kier alpha value is -1.06. The van der Waals surface area contributed by atoms with Gasteiger partial charge < -0.3 is 15.7 Å². The minimum absolute atomic E-state index is 0.281. The van der Waals surface area contributed by atoms with Gasteiger partial charge in [-0.2, -0.15) is 0 Å². The quantitative estimate of drug-likeness (QED) is 0.767. The molecule has 1 fully saturated rings. The number of hydrogen-bond acceptors (Lipinski definition) is 3. The second-order valence-electron chi connectivity index (χ2n) is 5.37. The van der Waals surface area contributed by atoms with Crippen LogP contribution in [0.2, 0.25) is 0 Å². The van der Waals surface area contributed by atoms with Crippen LogP contribution in [0.4, 0.5) is 5.69 Å². The van der Waals surface area contributed by atoms with Gasteiger partial charge >= 0.3 is 0 Å². The summed E-state index contributed by atoms with van der Waals surface area (Å²) in [7, 11) is 2.11. The van der Waals surface area contributed by atoms with Gasteiger partial charge in [-0.15, -0.1) is 0 Å². The fourth-order valence-electron chi connectivity index (χ4n) is 2.71. The molecule has 1 aromatic rings. The molecule has 0 spiro atoms. The summed E-state index contributed by atoms with van der Waals surface area (Å²) in [4.78, 5) is 2.29. The summed E-state index contributed by atoms with van der Waals surface area (Å²) < 4.78 is 0. The first-order valence-corrected chi connectivity index (χ1v) is 6.27. The maximum absolute atomic E-state index is 10.8. The molecule has 0 bridgehead atoms. The van der Waals surface area contributed by atoms with Gasteiger partial charge in [-0.05, 0) is 51.1 Å². The van der Waals surface area contributed by atoms with Gasteiger partial charge in [-0.25, -0.2) is 0 Å². The Bertz CT molecular complexity index is 390. The van der Waals surface area contributed by atoms with Crippen molar-refractivity contribution in [1.29, 1.82) is 0 Å². The number of aliphatic hydroxyl groups is 1. The van der Waals surface area contributed by atoms with Crippen molar-refractivity contribution in [1.82, 2.24) is 4.90 Å². The Kier molecular flexibility index (Phi) is 3.40. The van der Waals surface area contributed by atoms with E-state index in [1.807, 2.05) is 31.2 Å². The molecule has 0 amide bonds. The fraction of sp³-hybridized carbons (Fsp3) is 0.571. The van der Waals surface area contributed by atoms with Crippen molar-refractivity contribution in [3.05, 3.63) is 29.8 Å². The number of nitrogens with two attached hydrogens (primary N) is 1. The van der Waals surface area contributed by atoms with Gasteiger partial charge in [0.05, 0.1) is 5.60 Å². The van der Waals surface area contributed by atoms with E-state index in [2.05, 4.69) is 11.9 Å². The van der Waals surface area contributed by atoms with Crippen LogP contribution in [-0.2, 0) is 5.60 Å². The number of anilines is 1. The largest absolute Gasteiger partial charge is 0.399 e. The summed E-state index contributed by atoms with van der Waals surface area (Å²) in [5.74, 6) is 0.281. The zero-order valence-electron chi connectivity index (χ0n) is 10.7. The fourth-order valence-corrected chi connectivity index (χ4v) is 2.71. The standard InChI is InChI=1S/C14H22N2O/c1-14(17,11-5-3-7-13(15)9-11)12-6-4-8-16(2)10-12/h3,5,7,9,12,17H,4,6,8,10,15H2,1-2H3. The van der Waals surface area contributed by atoms with Gasteiger partial charge in [0.15, 0.2) is 0 Å². The Morgan fingerprint density at radius 3 is 2.88 bits per heavy atom. The molecular formula is C14H22N2O. The normalized spacial score (nSPS) is 25.5. The predicted molar refractivity (Wildman–Crippen MR) is 70.6 cm³/mol. The summed E-state index contributed by atoms with van der Waals surface area (Å²) in [6.07, 6.45) is 2.23. The van der Waals surface area contributed by atoms with E-state index in [0.717, 1.165) is 31.5 Å². The van der Waals surface area contributed by atoms with Crippen molar-refractivity contribution < 1.29 is 5.11 Å². The first-order chi connectivity index (χ1) is 8.00. The molecule has 0 radical (unpaired) electrons. The van der Waals surface area contributed by atoms with Crippen LogP contribution in [0, 0.1) is 5.92 Å². The van der Waals surface area contributed by atoms with Crippen LogP contribution in [-0.4, -0.2) is 30.1 Å². The number of benzene rings is 1. The Balaban J connectivity index is 2.22. The highest BCUT2D eigenvalue weighted by Crippen LogP contribution is 2.35. The van der Waals surface area contributed by atoms with Crippen LogP contribution >= 0.6 is 0 Å². The second kappa shape index (κ2) is 4.67. The Morgan fingerprint density at radius 1 is 1.47 bits per heavy atom. The average Bonchev–Trinajstić information content (AvgIpc) is 2.29. The highest BCUT2D eigenvalue weighted by atomic mass is 16.3. The maximum atomic E-state index is 10.8. The van der Waals surface area contributed by atoms with E-state index in [0.29, 0.717) is 5.69 Å². The van der Waals surface area contributed by atoms with Crippen molar-refractivity contribution in [2.24, 2.45) is 5.92 Å². The van der Waals surface area contributed by atoms with Crippen LogP contribution in [0.25, 0.3) is 0 Å². The van der Waals surface area contributed by atoms with Crippen molar-refractivity contribution in [2.75, 3.05) is 25.9 Å². The summed E-state index contributed by atoms with van der Waals surface area (Å²) in [6, 6.07) is 7.61. The lowest BCUT2D eigenvalue weighted by atomic mass is 9.78. The third-order valence-electron chi connectivity index (χ3n) is 3.89. The number of likely N-dealkylation sites (tertiary alicyclic amines) is 1. The van der Waals surface area contributed by atoms with E-state index in [4.69, 9.17) is 5.73 Å². The monoisotopic (exact) mass is 234 g/mol. The molecule has 0 saturated carbocycles. The molecule has 2 atom stereocenters. The van der Waals surface area contributed by atoms with E-state index in [1.54, 1.807) is 0 Å². The molecule has 0 aromatic heterocycles. The highest BCUT2D eigenvalue weighted by molar-refractivity contribution is 5.42. The molecule has 3 nitrogen and oxygen atoms in total. The molecular weight excluding hydrogens is 212 g/mol. The van der Waals surface area contributed by atoms with Crippen molar-refractivity contribution in [2.45, 2.75) is 25.4 Å². The van der Waals surface area contributed by atoms with Gasteiger partial charge in [0.25, 0.3) is 0 Å². The van der Waals surface area contributed by atoms with Gasteiger partial charge in [0, 0.05) is 18.2 Å². The van der Waals surface area contributed by atoms with E-state index < -0.39 is 5.60 Å². The Labute approximate surface area is 103 Å². The molecule has 3 heteroatoms. The zero-order chi connectivity index (χ0) is 12.5. The number of nitrogen functional groups attached to an aromatic ring is 1. The van der Waals surface area contributed by atoms with Gasteiger partial charge in [-0.3, -0.25) is 0 Å². The van der Waals surface area contributed by atoms with Crippen molar-refractivity contribution in [3.8, 4) is 0 Å². The smallest absolute Gasteiger partial charge is 0.0909 e. The topological polar surface area (TPSA) is 49.5 Å². The van der Waals surface area contributed by atoms with Gasteiger partial charge in [0.1, 0.15) is 0 Å². The van der Waals surface area contributed by atoms with E-state index >= 15 is 0 Å². The summed E-state index contributed by atoms with van der Waals surface area (Å²) in [5, 5.41) is 10.8. The lowest BCUT2D eigenvalue weighted by molar-refractivity contribution is -0.0339. The lowest BCUT2D eigenvalue weighted by Gasteiger charge is -2.39. The first-order valence-electron chi connectivity index (χ1n) is 6.27. The SMILES string of the molecule is CN1CCCC(C(C)(O)c2cccc(N)c2)C1. The molecule has 1 saturated heterocycles. The minimum atomic E-state index is -0.788. The van der Waals surface area contributed by atoms with E-state index in [-0.39, 0.29) is 5.92 Å². The van der Waals surface area contributed by atoms with Crippen LogP contribution in [0.15, 0.2) is 24.3 Å². The molecule has 2 unspecified atom stereocenters. The molecule has 1 aromatic carbocycles.